The molecule has 11 heteroatoms. The number of benzene rings is 3. The Kier molecular flexibility index (Phi) is 12.0. The minimum atomic E-state index is -0.499. The maximum atomic E-state index is 13.5. The molecule has 3 amide bonds. The number of carbonyl (C=O) groups is 4. The van der Waals surface area contributed by atoms with Gasteiger partial charge in [0.15, 0.2) is 0 Å². The summed E-state index contributed by atoms with van der Waals surface area (Å²) in [6.07, 6.45) is 7.65. The SMILES string of the molecule is COC(=O)c1c(NC(=O)CSc2cccc(NC(=O)/C(=C\c3ccc(Br)cc3)NC(=O)c3ccccc3)c2)sc2c1CCCCCC2. The van der Waals surface area contributed by atoms with Gasteiger partial charge in [-0.2, -0.15) is 0 Å². The second-order valence-electron chi connectivity index (χ2n) is 10.9. The van der Waals surface area contributed by atoms with E-state index in [2.05, 4.69) is 31.9 Å². The van der Waals surface area contributed by atoms with E-state index in [1.54, 1.807) is 48.5 Å². The molecule has 0 spiro atoms. The summed E-state index contributed by atoms with van der Waals surface area (Å²) in [5.41, 5.74) is 3.21. The number of esters is 1. The van der Waals surface area contributed by atoms with Gasteiger partial charge in [0, 0.05) is 25.5 Å². The van der Waals surface area contributed by atoms with Gasteiger partial charge in [-0.25, -0.2) is 4.79 Å². The number of aryl methyl sites for hydroxylation is 1. The van der Waals surface area contributed by atoms with Gasteiger partial charge in [0.25, 0.3) is 11.8 Å². The summed E-state index contributed by atoms with van der Waals surface area (Å²) in [5.74, 6) is -1.48. The van der Waals surface area contributed by atoms with Gasteiger partial charge < -0.3 is 20.7 Å². The smallest absolute Gasteiger partial charge is 0.341 e. The normalized spacial score (nSPS) is 13.0. The molecule has 0 radical (unpaired) electrons. The Hall–Kier alpha value is -4.19. The molecule has 0 saturated heterocycles. The van der Waals surface area contributed by atoms with Gasteiger partial charge in [-0.15, -0.1) is 23.1 Å². The number of rotatable bonds is 10. The summed E-state index contributed by atoms with van der Waals surface area (Å²) in [6.45, 7) is 0. The van der Waals surface area contributed by atoms with Gasteiger partial charge in [-0.05, 0) is 85.4 Å². The number of ether oxygens (including phenoxy) is 1. The Morgan fingerprint density at radius 1 is 0.894 bits per heavy atom. The molecule has 0 aliphatic heterocycles. The van der Waals surface area contributed by atoms with Crippen LogP contribution in [0.1, 0.15) is 62.4 Å². The van der Waals surface area contributed by atoms with Gasteiger partial charge in [0.1, 0.15) is 10.7 Å². The topological polar surface area (TPSA) is 114 Å². The first-order valence-electron chi connectivity index (χ1n) is 15.2. The van der Waals surface area contributed by atoms with Crippen molar-refractivity contribution in [3.63, 3.8) is 0 Å². The van der Waals surface area contributed by atoms with Crippen LogP contribution in [0.2, 0.25) is 0 Å². The highest BCUT2D eigenvalue weighted by Gasteiger charge is 2.26. The molecule has 0 bridgehead atoms. The molecule has 0 saturated carbocycles. The Bertz CT molecular complexity index is 1790. The Balaban J connectivity index is 1.26. The predicted octanol–water partition coefficient (Wildman–Crippen LogP) is 8.10. The van der Waals surface area contributed by atoms with Gasteiger partial charge in [-0.3, -0.25) is 14.4 Å². The second kappa shape index (κ2) is 16.6. The zero-order chi connectivity index (χ0) is 33.2. The highest BCUT2D eigenvalue weighted by Crippen LogP contribution is 2.37. The molecular weight excluding hydrogens is 698 g/mol. The molecule has 4 aromatic rings. The van der Waals surface area contributed by atoms with Crippen molar-refractivity contribution in [2.45, 2.75) is 43.4 Å². The number of halogens is 1. The van der Waals surface area contributed by atoms with Crippen molar-refractivity contribution in [2.75, 3.05) is 23.5 Å². The summed E-state index contributed by atoms with van der Waals surface area (Å²) in [5, 5.41) is 9.10. The first-order valence-corrected chi connectivity index (χ1v) is 17.8. The predicted molar refractivity (Wildman–Crippen MR) is 192 cm³/mol. The summed E-state index contributed by atoms with van der Waals surface area (Å²) < 4.78 is 5.97. The van der Waals surface area contributed by atoms with Crippen LogP contribution in [-0.2, 0) is 27.2 Å². The summed E-state index contributed by atoms with van der Waals surface area (Å²) in [6, 6.07) is 23.2. The lowest BCUT2D eigenvalue weighted by molar-refractivity contribution is -0.114. The van der Waals surface area contributed by atoms with E-state index in [1.165, 1.54) is 30.2 Å². The fourth-order valence-electron chi connectivity index (χ4n) is 5.17. The maximum absolute atomic E-state index is 13.5. The lowest BCUT2D eigenvalue weighted by atomic mass is 9.96. The molecule has 47 heavy (non-hydrogen) atoms. The minimum Gasteiger partial charge on any atom is -0.465 e. The summed E-state index contributed by atoms with van der Waals surface area (Å²) in [7, 11) is 1.36. The Morgan fingerprint density at radius 3 is 2.38 bits per heavy atom. The maximum Gasteiger partial charge on any atom is 0.341 e. The summed E-state index contributed by atoms with van der Waals surface area (Å²) >= 11 is 6.19. The van der Waals surface area contributed by atoms with Crippen molar-refractivity contribution < 1.29 is 23.9 Å². The molecule has 5 rings (SSSR count). The molecule has 1 aliphatic rings. The van der Waals surface area contributed by atoms with Crippen molar-refractivity contribution in [1.82, 2.24) is 5.32 Å². The van der Waals surface area contributed by atoms with Crippen LogP contribution in [0.4, 0.5) is 10.7 Å². The van der Waals surface area contributed by atoms with E-state index < -0.39 is 17.8 Å². The van der Waals surface area contributed by atoms with E-state index in [4.69, 9.17) is 4.74 Å². The molecule has 1 aliphatic carbocycles. The third-order valence-electron chi connectivity index (χ3n) is 7.49. The van der Waals surface area contributed by atoms with Crippen molar-refractivity contribution in [3.05, 3.63) is 116 Å². The monoisotopic (exact) mass is 731 g/mol. The van der Waals surface area contributed by atoms with Crippen molar-refractivity contribution >= 4 is 79.5 Å². The fourth-order valence-corrected chi connectivity index (χ4v) is 7.48. The third-order valence-corrected chi connectivity index (χ3v) is 10.2. The summed E-state index contributed by atoms with van der Waals surface area (Å²) in [4.78, 5) is 54.1. The van der Waals surface area contributed by atoms with Gasteiger partial charge in [0.05, 0.1) is 18.4 Å². The van der Waals surface area contributed by atoms with Gasteiger partial charge in [-0.1, -0.05) is 65.2 Å². The highest BCUT2D eigenvalue weighted by atomic mass is 79.9. The van der Waals surface area contributed by atoms with Crippen LogP contribution in [0.3, 0.4) is 0 Å². The number of amides is 3. The molecule has 8 nitrogen and oxygen atoms in total. The molecule has 1 aromatic heterocycles. The lowest BCUT2D eigenvalue weighted by Gasteiger charge is -2.12. The zero-order valence-electron chi connectivity index (χ0n) is 25.8. The van der Waals surface area contributed by atoms with E-state index in [1.807, 2.05) is 36.4 Å². The number of anilines is 2. The fraction of sp³-hybridized carbons (Fsp3) is 0.222. The molecule has 1 heterocycles. The third kappa shape index (κ3) is 9.43. The standard InChI is InChI=1S/C36H34BrN3O5S2/c1-45-36(44)32-28-14-7-2-3-8-15-30(28)47-35(32)40-31(41)22-46-27-13-9-12-26(21-27)38-34(43)29(20-23-16-18-25(37)19-17-23)39-33(42)24-10-5-4-6-11-24/h4-6,9-13,16-21H,2-3,7-8,14-15,22H2,1H3,(H,38,43)(H,39,42)(H,40,41)/b29-20+. The van der Waals surface area contributed by atoms with Crippen molar-refractivity contribution in [1.29, 1.82) is 0 Å². The van der Waals surface area contributed by atoms with Crippen LogP contribution >= 0.6 is 39.0 Å². The minimum absolute atomic E-state index is 0.0741. The van der Waals surface area contributed by atoms with Crippen molar-refractivity contribution in [3.8, 4) is 0 Å². The van der Waals surface area contributed by atoms with Gasteiger partial charge in [0.2, 0.25) is 5.91 Å². The second-order valence-corrected chi connectivity index (χ2v) is 13.9. The quantitative estimate of drug-likeness (QED) is 0.0864. The number of thioether (sulfide) groups is 1. The lowest BCUT2D eigenvalue weighted by Crippen LogP contribution is -2.30. The number of nitrogens with one attached hydrogen (secondary N) is 3. The molecule has 0 atom stereocenters. The number of methoxy groups -OCH3 is 1. The number of thiophene rings is 1. The molecule has 3 N–H and O–H groups in total. The van der Waals surface area contributed by atoms with E-state index >= 15 is 0 Å². The van der Waals surface area contributed by atoms with Crippen LogP contribution in [0.5, 0.6) is 0 Å². The van der Waals surface area contributed by atoms with Crippen LogP contribution in [0.25, 0.3) is 6.08 Å². The molecule has 0 fully saturated rings. The van der Waals surface area contributed by atoms with Crippen LogP contribution in [0, 0.1) is 0 Å². The van der Waals surface area contributed by atoms with E-state index in [0.29, 0.717) is 21.8 Å². The van der Waals surface area contributed by atoms with E-state index in [-0.39, 0.29) is 17.4 Å². The number of fused-ring (bicyclic) bond motifs is 1. The molecule has 0 unspecified atom stereocenters. The average molecular weight is 733 g/mol. The average Bonchev–Trinajstić information content (AvgIpc) is 3.39. The van der Waals surface area contributed by atoms with Crippen LogP contribution in [0.15, 0.2) is 93.9 Å². The van der Waals surface area contributed by atoms with Crippen LogP contribution in [-0.4, -0.2) is 36.6 Å². The zero-order valence-corrected chi connectivity index (χ0v) is 29.0. The van der Waals surface area contributed by atoms with Crippen molar-refractivity contribution in [2.24, 2.45) is 0 Å². The Morgan fingerprint density at radius 2 is 1.64 bits per heavy atom. The van der Waals surface area contributed by atoms with E-state index in [0.717, 1.165) is 63.9 Å². The highest BCUT2D eigenvalue weighted by molar-refractivity contribution is 9.10. The molecular formula is C36H34BrN3O5S2. The first-order chi connectivity index (χ1) is 22.8. The molecule has 3 aromatic carbocycles. The number of hydrogen-bond donors (Lipinski definition) is 3. The molecule has 242 valence electrons. The first kappa shape index (κ1) is 34.2. The Labute approximate surface area is 290 Å². The van der Waals surface area contributed by atoms with Gasteiger partial charge >= 0.3 is 5.97 Å². The van der Waals surface area contributed by atoms with E-state index in [9.17, 15) is 19.2 Å². The largest absolute Gasteiger partial charge is 0.465 e. The number of carbonyl (C=O) groups excluding carboxylic acids is 4. The van der Waals surface area contributed by atoms with Crippen LogP contribution < -0.4 is 16.0 Å². The number of hydrogen-bond acceptors (Lipinski definition) is 7.